The summed E-state index contributed by atoms with van der Waals surface area (Å²) in [7, 11) is 1.86. The molecule has 1 fully saturated rings. The van der Waals surface area contributed by atoms with Gasteiger partial charge in [0.2, 0.25) is 0 Å². The second kappa shape index (κ2) is 6.63. The van der Waals surface area contributed by atoms with Gasteiger partial charge in [-0.15, -0.1) is 0 Å². The number of aromatic nitrogens is 3. The van der Waals surface area contributed by atoms with Crippen molar-refractivity contribution in [2.24, 2.45) is 5.92 Å². The van der Waals surface area contributed by atoms with Crippen molar-refractivity contribution >= 4 is 6.03 Å². The highest BCUT2D eigenvalue weighted by Gasteiger charge is 2.32. The fourth-order valence-electron chi connectivity index (χ4n) is 2.89. The van der Waals surface area contributed by atoms with Crippen LogP contribution in [0.2, 0.25) is 0 Å². The van der Waals surface area contributed by atoms with E-state index in [1.54, 1.807) is 11.1 Å². The van der Waals surface area contributed by atoms with Gasteiger partial charge < -0.3 is 10.2 Å². The van der Waals surface area contributed by atoms with Crippen LogP contribution in [0.5, 0.6) is 0 Å². The van der Waals surface area contributed by atoms with Crippen LogP contribution in [0.3, 0.4) is 0 Å². The first-order chi connectivity index (χ1) is 11.5. The van der Waals surface area contributed by atoms with Gasteiger partial charge in [-0.3, -0.25) is 0 Å². The summed E-state index contributed by atoms with van der Waals surface area (Å²) >= 11 is 0. The van der Waals surface area contributed by atoms with Gasteiger partial charge in [0, 0.05) is 31.5 Å². The van der Waals surface area contributed by atoms with Gasteiger partial charge in [-0.25, -0.2) is 14.5 Å². The molecule has 2 amide bonds. The molecule has 6 heteroatoms. The molecule has 1 aliphatic rings. The van der Waals surface area contributed by atoms with Gasteiger partial charge in [0.1, 0.15) is 0 Å². The van der Waals surface area contributed by atoms with Crippen LogP contribution in [-0.2, 0) is 6.54 Å². The van der Waals surface area contributed by atoms with Gasteiger partial charge in [-0.1, -0.05) is 6.07 Å². The van der Waals surface area contributed by atoms with Crippen LogP contribution in [-0.4, -0.2) is 38.8 Å². The van der Waals surface area contributed by atoms with E-state index in [9.17, 15) is 4.79 Å². The van der Waals surface area contributed by atoms with Crippen molar-refractivity contribution in [3.8, 4) is 5.82 Å². The normalized spacial score (nSPS) is 15.2. The Morgan fingerprint density at radius 3 is 2.71 bits per heavy atom. The minimum Gasteiger partial charge on any atom is -0.334 e. The van der Waals surface area contributed by atoms with Crippen LogP contribution in [0.4, 0.5) is 4.79 Å². The molecule has 0 aliphatic heterocycles. The van der Waals surface area contributed by atoms with E-state index in [1.165, 1.54) is 12.8 Å². The summed E-state index contributed by atoms with van der Waals surface area (Å²) in [5.74, 6) is 1.46. The first kappa shape index (κ1) is 16.5. The molecule has 1 aliphatic carbocycles. The number of amides is 2. The van der Waals surface area contributed by atoms with Gasteiger partial charge in [0.05, 0.1) is 5.69 Å². The SMILES string of the molecule is Cc1cc(C)n(-c2ccc(CNC(=O)N(C)[C@@H](C)C3CC3)cn2)n1. The summed E-state index contributed by atoms with van der Waals surface area (Å²) < 4.78 is 1.82. The zero-order valence-corrected chi connectivity index (χ0v) is 14.8. The van der Waals surface area contributed by atoms with Gasteiger partial charge in [-0.05, 0) is 57.2 Å². The average molecular weight is 327 g/mol. The number of urea groups is 1. The van der Waals surface area contributed by atoms with Crippen LogP contribution in [0.15, 0.2) is 24.4 Å². The second-order valence-corrected chi connectivity index (χ2v) is 6.71. The number of rotatable bonds is 5. The molecule has 2 heterocycles. The van der Waals surface area contributed by atoms with E-state index in [4.69, 9.17) is 0 Å². The fraction of sp³-hybridized carbons (Fsp3) is 0.500. The number of nitrogens with zero attached hydrogens (tertiary/aromatic N) is 4. The van der Waals surface area contributed by atoms with Gasteiger partial charge in [-0.2, -0.15) is 5.10 Å². The van der Waals surface area contributed by atoms with Crippen LogP contribution in [0.1, 0.15) is 36.7 Å². The minimum atomic E-state index is -0.0305. The second-order valence-electron chi connectivity index (χ2n) is 6.71. The zero-order chi connectivity index (χ0) is 17.3. The predicted molar refractivity (Wildman–Crippen MR) is 93.0 cm³/mol. The standard InChI is InChI=1S/C18H25N5O/c1-12-9-13(2)23(21-12)17-8-5-15(10-19-17)11-20-18(24)22(4)14(3)16-6-7-16/h5,8-10,14,16H,6-7,11H2,1-4H3,(H,20,24)/t14-/m0/s1. The van der Waals surface area contributed by atoms with Crippen molar-refractivity contribution in [2.45, 2.75) is 46.2 Å². The third kappa shape index (κ3) is 3.58. The molecule has 1 N–H and O–H groups in total. The lowest BCUT2D eigenvalue weighted by atomic mass is 10.2. The maximum atomic E-state index is 12.2. The topological polar surface area (TPSA) is 63.1 Å². The number of carbonyl (C=O) groups is 1. The molecule has 0 saturated heterocycles. The molecular formula is C18H25N5O. The maximum Gasteiger partial charge on any atom is 0.317 e. The molecule has 0 radical (unpaired) electrons. The van der Waals surface area contributed by atoms with Crippen molar-refractivity contribution in [1.29, 1.82) is 0 Å². The summed E-state index contributed by atoms with van der Waals surface area (Å²) in [6.07, 6.45) is 4.25. The van der Waals surface area contributed by atoms with Crippen molar-refractivity contribution < 1.29 is 4.79 Å². The molecule has 1 atom stereocenters. The highest BCUT2D eigenvalue weighted by atomic mass is 16.2. The van der Waals surface area contributed by atoms with E-state index < -0.39 is 0 Å². The molecule has 0 unspecified atom stereocenters. The Morgan fingerprint density at radius 2 is 2.17 bits per heavy atom. The number of pyridine rings is 1. The molecule has 1 saturated carbocycles. The molecule has 6 nitrogen and oxygen atoms in total. The third-order valence-electron chi connectivity index (χ3n) is 4.71. The lowest BCUT2D eigenvalue weighted by Gasteiger charge is -2.25. The number of aryl methyl sites for hydroxylation is 2. The molecule has 128 valence electrons. The first-order valence-corrected chi connectivity index (χ1v) is 8.45. The minimum absolute atomic E-state index is 0.0305. The quantitative estimate of drug-likeness (QED) is 0.918. The Labute approximate surface area is 142 Å². The van der Waals surface area contributed by atoms with Crippen molar-refractivity contribution in [3.63, 3.8) is 0 Å². The zero-order valence-electron chi connectivity index (χ0n) is 14.8. The van der Waals surface area contributed by atoms with E-state index in [2.05, 4.69) is 22.3 Å². The number of nitrogens with one attached hydrogen (secondary N) is 1. The van der Waals surface area contributed by atoms with Crippen molar-refractivity contribution in [2.75, 3.05) is 7.05 Å². The molecule has 24 heavy (non-hydrogen) atoms. The number of hydrogen-bond donors (Lipinski definition) is 1. The lowest BCUT2D eigenvalue weighted by molar-refractivity contribution is 0.187. The third-order valence-corrected chi connectivity index (χ3v) is 4.71. The van der Waals surface area contributed by atoms with E-state index in [1.807, 2.05) is 43.8 Å². The van der Waals surface area contributed by atoms with Gasteiger partial charge in [0.25, 0.3) is 0 Å². The molecule has 2 aromatic rings. The Kier molecular flexibility index (Phi) is 4.55. The molecule has 0 bridgehead atoms. The van der Waals surface area contributed by atoms with Crippen molar-refractivity contribution in [1.82, 2.24) is 25.0 Å². The first-order valence-electron chi connectivity index (χ1n) is 8.45. The van der Waals surface area contributed by atoms with E-state index in [0.29, 0.717) is 18.5 Å². The van der Waals surface area contributed by atoms with E-state index >= 15 is 0 Å². The highest BCUT2D eigenvalue weighted by molar-refractivity contribution is 5.74. The molecule has 0 spiro atoms. The van der Waals surface area contributed by atoms with E-state index in [0.717, 1.165) is 22.8 Å². The monoisotopic (exact) mass is 327 g/mol. The summed E-state index contributed by atoms with van der Waals surface area (Å²) in [6.45, 7) is 6.56. The molecule has 2 aromatic heterocycles. The Morgan fingerprint density at radius 1 is 1.42 bits per heavy atom. The predicted octanol–water partition coefficient (Wildman–Crippen LogP) is 2.82. The Bertz CT molecular complexity index is 718. The van der Waals surface area contributed by atoms with Crippen LogP contribution >= 0.6 is 0 Å². The number of carbonyl (C=O) groups excluding carboxylic acids is 1. The van der Waals surface area contributed by atoms with Gasteiger partial charge in [0.15, 0.2) is 5.82 Å². The Hall–Kier alpha value is -2.37. The smallest absolute Gasteiger partial charge is 0.317 e. The highest BCUT2D eigenvalue weighted by Crippen LogP contribution is 2.34. The fourth-order valence-corrected chi connectivity index (χ4v) is 2.89. The summed E-state index contributed by atoms with van der Waals surface area (Å²) in [6, 6.07) is 6.20. The lowest BCUT2D eigenvalue weighted by Crippen LogP contribution is -2.43. The summed E-state index contributed by atoms with van der Waals surface area (Å²) in [5, 5.41) is 7.39. The Balaban J connectivity index is 1.58. The molecule has 0 aromatic carbocycles. The number of hydrogen-bond acceptors (Lipinski definition) is 3. The van der Waals surface area contributed by atoms with Crippen LogP contribution in [0, 0.1) is 19.8 Å². The molecule has 3 rings (SSSR count). The summed E-state index contributed by atoms with van der Waals surface area (Å²) in [4.78, 5) is 18.5. The van der Waals surface area contributed by atoms with E-state index in [-0.39, 0.29) is 6.03 Å². The van der Waals surface area contributed by atoms with Crippen LogP contribution in [0.25, 0.3) is 5.82 Å². The maximum absolute atomic E-state index is 12.2. The van der Waals surface area contributed by atoms with Crippen molar-refractivity contribution in [3.05, 3.63) is 41.3 Å². The summed E-state index contributed by atoms with van der Waals surface area (Å²) in [5.41, 5.74) is 3.00. The van der Waals surface area contributed by atoms with Gasteiger partial charge >= 0.3 is 6.03 Å². The van der Waals surface area contributed by atoms with Crippen LogP contribution < -0.4 is 5.32 Å². The average Bonchev–Trinajstić information content (AvgIpc) is 3.36. The molecular weight excluding hydrogens is 302 g/mol. The largest absolute Gasteiger partial charge is 0.334 e.